The molecule has 1 aliphatic rings. The van der Waals surface area contributed by atoms with Crippen molar-refractivity contribution in [2.24, 2.45) is 0 Å². The first-order valence-corrected chi connectivity index (χ1v) is 26.7. The van der Waals surface area contributed by atoms with Crippen LogP contribution in [0.25, 0.3) is 73.0 Å². The molecule has 370 valence electrons. The van der Waals surface area contributed by atoms with Crippen LogP contribution in [0.2, 0.25) is 0 Å². The van der Waals surface area contributed by atoms with Crippen LogP contribution in [0.4, 0.5) is 17.1 Å². The summed E-state index contributed by atoms with van der Waals surface area (Å²) in [5, 5.41) is 2.44. The predicted molar refractivity (Wildman–Crippen MR) is 323 cm³/mol. The molecular formula is C73H62N2O. The first kappa shape index (κ1) is 48.0. The zero-order valence-corrected chi connectivity index (χ0v) is 43.7. The van der Waals surface area contributed by atoms with Crippen molar-refractivity contribution in [1.29, 1.82) is 0 Å². The third-order valence-electron chi connectivity index (χ3n) is 15.7. The molecule has 1 heterocycles. The van der Waals surface area contributed by atoms with E-state index in [1.165, 1.54) is 71.9 Å². The fourth-order valence-electron chi connectivity index (χ4n) is 11.7. The lowest BCUT2D eigenvalue weighted by atomic mass is 9.69. The average molecular weight is 983 g/mol. The first-order chi connectivity index (χ1) is 37.2. The van der Waals surface area contributed by atoms with Gasteiger partial charge in [0.2, 0.25) is 0 Å². The van der Waals surface area contributed by atoms with E-state index in [4.69, 9.17) is 4.74 Å². The highest BCUT2D eigenvalue weighted by Crippen LogP contribution is 2.56. The van der Waals surface area contributed by atoms with Crippen LogP contribution in [-0.4, -0.2) is 11.2 Å². The molecule has 0 N–H and O–H groups in total. The minimum absolute atomic E-state index is 0.0905. The predicted octanol–water partition coefficient (Wildman–Crippen LogP) is 19.7. The average Bonchev–Trinajstić information content (AvgIpc) is 3.95. The fourth-order valence-corrected chi connectivity index (χ4v) is 11.7. The summed E-state index contributed by atoms with van der Waals surface area (Å²) in [5.74, 6) is 0.891. The molecule has 0 aliphatic heterocycles. The lowest BCUT2D eigenvalue weighted by Gasteiger charge is -2.34. The van der Waals surface area contributed by atoms with Crippen LogP contribution in [0.5, 0.6) is 5.75 Å². The second-order valence-electron chi connectivity index (χ2n) is 21.3. The zero-order valence-electron chi connectivity index (χ0n) is 43.7. The van der Waals surface area contributed by atoms with Gasteiger partial charge in [-0.2, -0.15) is 0 Å². The SMILES string of the molecule is C=Cc1ccc(OCCCCC2(c3ccccc3)c3ccccc3-c3ccc(N(c4ccccc4)c4ccc(-c5ccc6c(c5)c5cc(-c7ccc(C(C)(C)C)cc7)ccc5n6-c5ccc(C=C)cc5)cc4)cc32)cc1. The highest BCUT2D eigenvalue weighted by atomic mass is 16.5. The van der Waals surface area contributed by atoms with Crippen molar-refractivity contribution in [2.75, 3.05) is 11.5 Å². The molecule has 12 rings (SSSR count). The molecule has 11 aromatic rings. The largest absolute Gasteiger partial charge is 0.494 e. The molecule has 1 aliphatic carbocycles. The van der Waals surface area contributed by atoms with E-state index >= 15 is 0 Å². The number of fused-ring (bicyclic) bond motifs is 6. The Morgan fingerprint density at radius 2 is 1.00 bits per heavy atom. The van der Waals surface area contributed by atoms with Crippen molar-refractivity contribution in [3.63, 3.8) is 0 Å². The lowest BCUT2D eigenvalue weighted by Crippen LogP contribution is -2.27. The number of ether oxygens (including phenoxy) is 1. The molecule has 1 aromatic heterocycles. The molecule has 1 atom stereocenters. The van der Waals surface area contributed by atoms with Crippen LogP contribution >= 0.6 is 0 Å². The summed E-state index contributed by atoms with van der Waals surface area (Å²) in [7, 11) is 0. The van der Waals surface area contributed by atoms with Crippen molar-refractivity contribution < 1.29 is 4.74 Å². The molecule has 0 radical (unpaired) electrons. The van der Waals surface area contributed by atoms with Gasteiger partial charge in [0, 0.05) is 38.9 Å². The normalized spacial score (nSPS) is 13.8. The van der Waals surface area contributed by atoms with Gasteiger partial charge in [-0.25, -0.2) is 0 Å². The van der Waals surface area contributed by atoms with E-state index in [9.17, 15) is 0 Å². The Bertz CT molecular complexity index is 3880. The van der Waals surface area contributed by atoms with Crippen LogP contribution in [-0.2, 0) is 10.8 Å². The number of anilines is 3. The molecule has 0 spiro atoms. The molecule has 0 amide bonds. The summed E-state index contributed by atoms with van der Waals surface area (Å²) in [6.07, 6.45) is 6.63. The van der Waals surface area contributed by atoms with Crippen molar-refractivity contribution in [2.45, 2.75) is 50.9 Å². The number of para-hydroxylation sites is 1. The molecule has 0 bridgehead atoms. The van der Waals surface area contributed by atoms with Gasteiger partial charge >= 0.3 is 0 Å². The van der Waals surface area contributed by atoms with Gasteiger partial charge < -0.3 is 14.2 Å². The van der Waals surface area contributed by atoms with Crippen LogP contribution in [0.15, 0.2) is 250 Å². The Kier molecular flexibility index (Phi) is 12.7. The highest BCUT2D eigenvalue weighted by Gasteiger charge is 2.44. The first-order valence-electron chi connectivity index (χ1n) is 26.7. The van der Waals surface area contributed by atoms with Crippen LogP contribution in [0.1, 0.15) is 73.4 Å². The summed E-state index contributed by atoms with van der Waals surface area (Å²) in [4.78, 5) is 2.41. The standard InChI is InChI=1S/C73H62N2O/c1-6-51-24-36-61(37-25-51)75-70-44-32-55(53-28-34-57(35-29-53)72(3,4)5)48-66(70)67-49-56(33-45-71(67)75)54-30-38-60(39-31-54)74(59-20-12-9-13-21-59)62-40-43-65-64-22-14-15-23-68(64)73(69(65)50-62,58-18-10-8-11-19-58)46-16-17-47-76-63-41-26-52(7-2)27-42-63/h6-15,18-45,48-50H,1-2,16-17,46-47H2,3-5H3. The molecule has 3 heteroatoms. The van der Waals surface area contributed by atoms with E-state index in [1.54, 1.807) is 0 Å². The number of nitrogens with zero attached hydrogens (tertiary/aromatic N) is 2. The summed E-state index contributed by atoms with van der Waals surface area (Å²) in [5.41, 5.74) is 21.4. The lowest BCUT2D eigenvalue weighted by molar-refractivity contribution is 0.301. The summed E-state index contributed by atoms with van der Waals surface area (Å²) < 4.78 is 8.68. The van der Waals surface area contributed by atoms with Crippen LogP contribution in [0.3, 0.4) is 0 Å². The molecule has 76 heavy (non-hydrogen) atoms. The van der Waals surface area contributed by atoms with Crippen molar-refractivity contribution in [1.82, 2.24) is 4.57 Å². The quantitative estimate of drug-likeness (QED) is 0.0953. The maximum absolute atomic E-state index is 6.28. The van der Waals surface area contributed by atoms with E-state index in [-0.39, 0.29) is 10.8 Å². The Morgan fingerprint density at radius 1 is 0.474 bits per heavy atom. The Morgan fingerprint density at radius 3 is 1.62 bits per heavy atom. The fraction of sp³-hybridized carbons (Fsp3) is 0.123. The van der Waals surface area contributed by atoms with Crippen molar-refractivity contribution >= 4 is 51.0 Å². The van der Waals surface area contributed by atoms with Gasteiger partial charge in [0.1, 0.15) is 5.75 Å². The Labute approximate surface area is 448 Å². The van der Waals surface area contributed by atoms with Gasteiger partial charge in [0.25, 0.3) is 0 Å². The number of hydrogen-bond donors (Lipinski definition) is 0. The topological polar surface area (TPSA) is 17.4 Å². The minimum atomic E-state index is -0.352. The van der Waals surface area contributed by atoms with Gasteiger partial charge in [0.15, 0.2) is 0 Å². The minimum Gasteiger partial charge on any atom is -0.494 e. The Balaban J connectivity index is 0.918. The molecule has 0 saturated heterocycles. The van der Waals surface area contributed by atoms with E-state index in [0.717, 1.165) is 64.5 Å². The summed E-state index contributed by atoms with van der Waals surface area (Å²) in [6, 6.07) is 87.2. The molecule has 0 saturated carbocycles. The maximum atomic E-state index is 6.28. The summed E-state index contributed by atoms with van der Waals surface area (Å²) in [6.45, 7) is 15.4. The molecule has 3 nitrogen and oxygen atoms in total. The second kappa shape index (κ2) is 20.1. The molecular weight excluding hydrogens is 921 g/mol. The van der Waals surface area contributed by atoms with Crippen molar-refractivity contribution in [3.05, 3.63) is 283 Å². The third kappa shape index (κ3) is 8.82. The van der Waals surface area contributed by atoms with E-state index < -0.39 is 0 Å². The zero-order chi connectivity index (χ0) is 51.8. The second-order valence-corrected chi connectivity index (χ2v) is 21.3. The van der Waals surface area contributed by atoms with E-state index in [1.807, 2.05) is 24.3 Å². The van der Waals surface area contributed by atoms with Gasteiger partial charge in [-0.05, 0) is 176 Å². The van der Waals surface area contributed by atoms with Gasteiger partial charge in [-0.15, -0.1) is 0 Å². The van der Waals surface area contributed by atoms with E-state index in [0.29, 0.717) is 6.61 Å². The molecule has 0 fully saturated rings. The Hall–Kier alpha value is -8.92. The number of rotatable bonds is 15. The van der Waals surface area contributed by atoms with Gasteiger partial charge in [-0.3, -0.25) is 0 Å². The van der Waals surface area contributed by atoms with E-state index in [2.05, 4.69) is 268 Å². The smallest absolute Gasteiger partial charge is 0.119 e. The van der Waals surface area contributed by atoms with Gasteiger partial charge in [0.05, 0.1) is 17.6 Å². The monoisotopic (exact) mass is 982 g/mol. The number of benzene rings is 10. The van der Waals surface area contributed by atoms with Crippen molar-refractivity contribution in [3.8, 4) is 44.8 Å². The highest BCUT2D eigenvalue weighted by molar-refractivity contribution is 6.11. The van der Waals surface area contributed by atoms with Crippen LogP contribution in [0, 0.1) is 0 Å². The van der Waals surface area contributed by atoms with Crippen LogP contribution < -0.4 is 9.64 Å². The van der Waals surface area contributed by atoms with Gasteiger partial charge in [-0.1, -0.05) is 198 Å². The molecule has 1 unspecified atom stereocenters. The summed E-state index contributed by atoms with van der Waals surface area (Å²) >= 11 is 0. The maximum Gasteiger partial charge on any atom is 0.119 e. The third-order valence-corrected chi connectivity index (χ3v) is 15.7. The number of unbranched alkanes of at least 4 members (excludes halogenated alkanes) is 1. The molecule has 10 aromatic carbocycles. The number of hydrogen-bond acceptors (Lipinski definition) is 2. The number of aromatic nitrogens is 1.